The fraction of sp³-hybridized carbons (Fsp3) is 0.150. The molecule has 1 aromatic carbocycles. The van der Waals surface area contributed by atoms with Crippen LogP contribution in [-0.2, 0) is 20.7 Å². The number of allylic oxidation sites excluding steroid dienone is 1. The predicted octanol–water partition coefficient (Wildman–Crippen LogP) is 3.44. The van der Waals surface area contributed by atoms with Crippen LogP contribution in [0.1, 0.15) is 17.7 Å². The van der Waals surface area contributed by atoms with Gasteiger partial charge in [0.25, 0.3) is 0 Å². The van der Waals surface area contributed by atoms with Crippen molar-refractivity contribution in [2.45, 2.75) is 18.3 Å². The van der Waals surface area contributed by atoms with E-state index in [-0.39, 0.29) is 40.0 Å². The molecule has 0 saturated carbocycles. The summed E-state index contributed by atoms with van der Waals surface area (Å²) in [6.07, 6.45) is 0.811. The zero-order chi connectivity index (χ0) is 22.7. The Morgan fingerprint density at radius 2 is 1.87 bits per heavy atom. The van der Waals surface area contributed by atoms with E-state index >= 15 is 4.39 Å². The van der Waals surface area contributed by atoms with Crippen LogP contribution in [0.25, 0.3) is 29.4 Å². The Bertz CT molecular complexity index is 1390. The third-order valence-corrected chi connectivity index (χ3v) is 5.80. The number of alkyl halides is 3. The Labute approximate surface area is 172 Å². The lowest BCUT2D eigenvalue weighted by Gasteiger charge is -2.23. The summed E-state index contributed by atoms with van der Waals surface area (Å²) < 4.78 is 99.1. The molecule has 2 aromatic rings. The molecule has 4 rings (SSSR count). The Morgan fingerprint density at radius 1 is 1.16 bits per heavy atom. The van der Waals surface area contributed by atoms with E-state index in [0.29, 0.717) is 5.22 Å². The van der Waals surface area contributed by atoms with Gasteiger partial charge in [0.15, 0.2) is 11.6 Å². The first-order chi connectivity index (χ1) is 14.4. The van der Waals surface area contributed by atoms with Crippen molar-refractivity contribution in [1.29, 1.82) is 0 Å². The summed E-state index contributed by atoms with van der Waals surface area (Å²) in [6, 6.07) is 3.57. The van der Waals surface area contributed by atoms with Crippen molar-refractivity contribution in [2.24, 2.45) is 0 Å². The quantitative estimate of drug-likeness (QED) is 0.402. The van der Waals surface area contributed by atoms with Gasteiger partial charge in [0.2, 0.25) is 0 Å². The largest absolute Gasteiger partial charge is 0.534 e. The second-order valence-electron chi connectivity index (χ2n) is 6.67. The lowest BCUT2D eigenvalue weighted by atomic mass is 9.93. The molecule has 11 heteroatoms. The molecule has 0 atom stereocenters. The Balaban J connectivity index is 1.98. The zero-order valence-electron chi connectivity index (χ0n) is 15.5. The van der Waals surface area contributed by atoms with Crippen LogP contribution in [0.3, 0.4) is 0 Å². The monoisotopic (exact) mass is 457 g/mol. The minimum absolute atomic E-state index is 0.0643. The average Bonchev–Trinajstić information content (AvgIpc) is 2.69. The number of hydrogen-bond acceptors (Lipinski definition) is 5. The molecule has 0 radical (unpaired) electrons. The maximum atomic E-state index is 15.0. The van der Waals surface area contributed by atoms with E-state index in [9.17, 15) is 26.0 Å². The van der Waals surface area contributed by atoms with Crippen molar-refractivity contribution < 1.29 is 39.3 Å². The Hall–Kier alpha value is -3.21. The van der Waals surface area contributed by atoms with Crippen molar-refractivity contribution in [3.8, 4) is 17.0 Å². The highest BCUT2D eigenvalue weighted by Crippen LogP contribution is 2.37. The lowest BCUT2D eigenvalue weighted by molar-refractivity contribution is -0.0523. The van der Waals surface area contributed by atoms with Gasteiger partial charge in [-0.1, -0.05) is 13.2 Å². The molecular formula is C20H12F5NO4S. The summed E-state index contributed by atoms with van der Waals surface area (Å²) >= 11 is 0. The second-order valence-corrected chi connectivity index (χ2v) is 8.21. The molecule has 5 nitrogen and oxygen atoms in total. The van der Waals surface area contributed by atoms with E-state index in [2.05, 4.69) is 22.3 Å². The van der Waals surface area contributed by atoms with Gasteiger partial charge in [0.05, 0.1) is 10.9 Å². The van der Waals surface area contributed by atoms with Gasteiger partial charge in [-0.05, 0) is 41.5 Å². The van der Waals surface area contributed by atoms with Crippen molar-refractivity contribution in [3.63, 3.8) is 0 Å². The standard InChI is InChI=1S/C20H12F5NO4S/c1-3-13-16-9(2)11-5-7-15(30-31(27,28)20(23,24)25)17(22)19(11)26-18(16)12-8-10(21)4-6-14(12)29-13/h3-4,6,8H,1-2,5,7H2. The van der Waals surface area contributed by atoms with Crippen molar-refractivity contribution >= 4 is 28.3 Å². The summed E-state index contributed by atoms with van der Waals surface area (Å²) in [4.78, 5) is 4.17. The maximum absolute atomic E-state index is 15.0. The molecule has 0 bridgehead atoms. The molecule has 2 heterocycles. The van der Waals surface area contributed by atoms with Gasteiger partial charge in [0, 0.05) is 12.0 Å². The summed E-state index contributed by atoms with van der Waals surface area (Å²) in [5.74, 6) is -2.58. The molecule has 0 unspecified atom stereocenters. The molecule has 1 aliphatic carbocycles. The summed E-state index contributed by atoms with van der Waals surface area (Å²) in [6.45, 7) is 7.55. The zero-order valence-corrected chi connectivity index (χ0v) is 16.3. The van der Waals surface area contributed by atoms with Gasteiger partial charge >= 0.3 is 15.6 Å². The van der Waals surface area contributed by atoms with E-state index in [1.165, 1.54) is 12.1 Å². The number of nitrogens with zero attached hydrogens (tertiary/aromatic N) is 1. The van der Waals surface area contributed by atoms with E-state index < -0.39 is 45.1 Å². The van der Waals surface area contributed by atoms with Gasteiger partial charge in [-0.25, -0.2) is 13.8 Å². The SMILES string of the molecule is C=CC1=c2c(nc3c(c2=C)CCC(OS(=O)(=O)C(F)(F)F)=C3F)-c2cc(F)ccc2O1. The minimum Gasteiger partial charge on any atom is -0.456 e. The second kappa shape index (κ2) is 6.91. The van der Waals surface area contributed by atoms with E-state index in [1.54, 1.807) is 0 Å². The van der Waals surface area contributed by atoms with Crippen LogP contribution in [0.2, 0.25) is 0 Å². The molecule has 1 aliphatic heterocycles. The van der Waals surface area contributed by atoms with Crippen molar-refractivity contribution in [2.75, 3.05) is 0 Å². The maximum Gasteiger partial charge on any atom is 0.534 e. The van der Waals surface area contributed by atoms with Crippen LogP contribution >= 0.6 is 0 Å². The number of hydrogen-bond donors (Lipinski definition) is 0. The Kier molecular flexibility index (Phi) is 4.69. The Morgan fingerprint density at radius 3 is 2.52 bits per heavy atom. The van der Waals surface area contributed by atoms with Crippen molar-refractivity contribution in [3.05, 3.63) is 64.1 Å². The van der Waals surface area contributed by atoms with Gasteiger partial charge < -0.3 is 8.92 Å². The van der Waals surface area contributed by atoms with Crippen LogP contribution < -0.4 is 15.2 Å². The average molecular weight is 457 g/mol. The number of aromatic nitrogens is 1. The lowest BCUT2D eigenvalue weighted by Crippen LogP contribution is -2.38. The van der Waals surface area contributed by atoms with E-state index in [0.717, 1.165) is 12.1 Å². The summed E-state index contributed by atoms with van der Waals surface area (Å²) in [5, 5.41) is 0.574. The fourth-order valence-corrected chi connectivity index (χ4v) is 3.93. The predicted molar refractivity (Wildman–Crippen MR) is 101 cm³/mol. The molecule has 2 aliphatic rings. The van der Waals surface area contributed by atoms with Gasteiger partial charge in [0.1, 0.15) is 23.0 Å². The van der Waals surface area contributed by atoms with Crippen LogP contribution in [0.5, 0.6) is 5.75 Å². The number of halogens is 5. The third-order valence-electron chi connectivity index (χ3n) is 4.81. The van der Waals surface area contributed by atoms with E-state index in [1.807, 2.05) is 0 Å². The van der Waals surface area contributed by atoms with Crippen molar-refractivity contribution in [1.82, 2.24) is 4.98 Å². The number of rotatable bonds is 3. The summed E-state index contributed by atoms with van der Waals surface area (Å²) in [5.41, 5.74) is -5.69. The number of benzene rings is 1. The molecule has 31 heavy (non-hydrogen) atoms. The highest BCUT2D eigenvalue weighted by molar-refractivity contribution is 7.87. The minimum atomic E-state index is -6.06. The molecule has 162 valence electrons. The highest BCUT2D eigenvalue weighted by atomic mass is 32.2. The summed E-state index contributed by atoms with van der Waals surface area (Å²) in [7, 11) is -6.06. The van der Waals surface area contributed by atoms with Crippen LogP contribution in [-0.4, -0.2) is 18.9 Å². The number of pyridine rings is 1. The first-order valence-corrected chi connectivity index (χ1v) is 10.1. The number of fused-ring (bicyclic) bond motifs is 4. The van der Waals surface area contributed by atoms with Crippen LogP contribution in [0, 0.1) is 5.82 Å². The molecule has 1 aromatic heterocycles. The van der Waals surface area contributed by atoms with Crippen LogP contribution in [0.15, 0.2) is 36.6 Å². The fourth-order valence-electron chi connectivity index (χ4n) is 3.41. The third kappa shape index (κ3) is 3.29. The van der Waals surface area contributed by atoms with Gasteiger partial charge in [-0.2, -0.15) is 21.6 Å². The molecule has 0 fully saturated rings. The first-order valence-electron chi connectivity index (χ1n) is 8.70. The topological polar surface area (TPSA) is 65.5 Å². The highest BCUT2D eigenvalue weighted by Gasteiger charge is 2.49. The molecule has 0 N–H and O–H groups in total. The van der Waals surface area contributed by atoms with Gasteiger partial charge in [-0.15, -0.1) is 0 Å². The normalized spacial score (nSPS) is 15.6. The number of ether oxygens (including phenoxy) is 1. The smallest absolute Gasteiger partial charge is 0.456 e. The van der Waals surface area contributed by atoms with Crippen LogP contribution in [0.4, 0.5) is 22.0 Å². The molecule has 0 saturated heterocycles. The molecule has 0 spiro atoms. The first kappa shape index (κ1) is 21.0. The van der Waals surface area contributed by atoms with Gasteiger partial charge in [-0.3, -0.25) is 0 Å². The van der Waals surface area contributed by atoms with E-state index in [4.69, 9.17) is 4.74 Å². The molecule has 0 amide bonds. The molecular weight excluding hydrogens is 445 g/mol.